The van der Waals surface area contributed by atoms with E-state index >= 15 is 0 Å². The lowest BCUT2D eigenvalue weighted by Crippen LogP contribution is -2.45. The Hall–Kier alpha value is -1.11. The van der Waals surface area contributed by atoms with Crippen molar-refractivity contribution >= 4 is 22.5 Å². The van der Waals surface area contributed by atoms with Gasteiger partial charge in [-0.05, 0) is 19.3 Å². The molecule has 0 radical (unpaired) electrons. The normalized spacial score (nSPS) is 27.5. The van der Waals surface area contributed by atoms with Crippen LogP contribution < -0.4 is 11.1 Å². The number of carbonyl (C=O) groups excluding carboxylic acids is 1. The lowest BCUT2D eigenvalue weighted by atomic mass is 10.0. The van der Waals surface area contributed by atoms with Gasteiger partial charge in [0.2, 0.25) is 5.91 Å². The monoisotopic (exact) mass is 261 g/mol. The zero-order valence-electron chi connectivity index (χ0n) is 9.89. The van der Waals surface area contributed by atoms with Crippen molar-refractivity contribution in [3.8, 4) is 0 Å². The number of hydrogen-bond donors (Lipinski definition) is 3. The molecule has 1 amide bonds. The zero-order chi connectivity index (χ0) is 12.8. The second kappa shape index (κ2) is 6.58. The van der Waals surface area contributed by atoms with Crippen LogP contribution >= 0.6 is 0 Å². The molecule has 1 aliphatic rings. The Kier molecular flexibility index (Phi) is 5.40. The van der Waals surface area contributed by atoms with Gasteiger partial charge in [0.05, 0.1) is 5.92 Å². The molecule has 1 rings (SSSR count). The minimum Gasteiger partial charge on any atom is -0.409 e. The maximum Gasteiger partial charge on any atom is 0.231 e. The van der Waals surface area contributed by atoms with Crippen molar-refractivity contribution in [3.05, 3.63) is 0 Å². The number of rotatable bonds is 4. The number of nitrogens with one attached hydrogen (secondary N) is 1. The summed E-state index contributed by atoms with van der Waals surface area (Å²) in [5, 5.41) is 14.3. The van der Waals surface area contributed by atoms with Gasteiger partial charge in [0.25, 0.3) is 0 Å². The largest absolute Gasteiger partial charge is 0.409 e. The lowest BCUT2D eigenvalue weighted by Gasteiger charge is -2.24. The molecule has 1 atom stereocenters. The summed E-state index contributed by atoms with van der Waals surface area (Å²) in [6.07, 6.45) is 1.94. The second-order valence-corrected chi connectivity index (χ2v) is 5.81. The second-order valence-electron chi connectivity index (χ2n) is 4.12. The van der Waals surface area contributed by atoms with Gasteiger partial charge in [-0.2, -0.15) is 0 Å². The van der Waals surface area contributed by atoms with Crippen molar-refractivity contribution in [2.75, 3.05) is 11.5 Å². The third-order valence-corrected chi connectivity index (χ3v) is 4.31. The molecule has 0 aliphatic carbocycles. The fraction of sp³-hybridized carbons (Fsp3) is 0.800. The van der Waals surface area contributed by atoms with E-state index in [0.717, 1.165) is 12.8 Å². The Morgan fingerprint density at radius 2 is 2.18 bits per heavy atom. The molecule has 0 bridgehead atoms. The summed E-state index contributed by atoms with van der Waals surface area (Å²) in [7, 11) is -0.738. The number of nitrogens with two attached hydrogens (primary N) is 1. The van der Waals surface area contributed by atoms with E-state index < -0.39 is 16.7 Å². The predicted octanol–water partition coefficient (Wildman–Crippen LogP) is -0.214. The fourth-order valence-electron chi connectivity index (χ4n) is 1.84. The van der Waals surface area contributed by atoms with Crippen LogP contribution in [-0.4, -0.2) is 38.7 Å². The molecule has 1 fully saturated rings. The van der Waals surface area contributed by atoms with Gasteiger partial charge in [-0.1, -0.05) is 12.1 Å². The van der Waals surface area contributed by atoms with E-state index in [1.807, 2.05) is 0 Å². The molecule has 6 nitrogen and oxygen atoms in total. The van der Waals surface area contributed by atoms with Crippen LogP contribution in [0.5, 0.6) is 0 Å². The topological polar surface area (TPSA) is 105 Å². The molecule has 98 valence electrons. The Morgan fingerprint density at radius 3 is 2.65 bits per heavy atom. The third-order valence-electron chi connectivity index (χ3n) is 2.93. The van der Waals surface area contributed by atoms with Crippen LogP contribution in [0.4, 0.5) is 0 Å². The van der Waals surface area contributed by atoms with Crippen LogP contribution in [0.15, 0.2) is 5.16 Å². The number of amides is 1. The number of carbonyl (C=O) groups is 1. The van der Waals surface area contributed by atoms with E-state index in [1.54, 1.807) is 6.92 Å². The van der Waals surface area contributed by atoms with E-state index in [-0.39, 0.29) is 17.8 Å². The summed E-state index contributed by atoms with van der Waals surface area (Å²) >= 11 is 0. The quantitative estimate of drug-likeness (QED) is 0.282. The Morgan fingerprint density at radius 1 is 1.59 bits per heavy atom. The van der Waals surface area contributed by atoms with Crippen LogP contribution in [0.2, 0.25) is 0 Å². The van der Waals surface area contributed by atoms with Gasteiger partial charge in [0.1, 0.15) is 0 Å². The summed E-state index contributed by atoms with van der Waals surface area (Å²) in [5.74, 6) is 0.383. The molecule has 1 aliphatic heterocycles. The smallest absolute Gasteiger partial charge is 0.231 e. The van der Waals surface area contributed by atoms with Gasteiger partial charge in [0, 0.05) is 28.3 Å². The van der Waals surface area contributed by atoms with E-state index in [2.05, 4.69) is 10.5 Å². The number of hydrogen-bond acceptors (Lipinski definition) is 4. The van der Waals surface area contributed by atoms with Crippen molar-refractivity contribution in [2.24, 2.45) is 16.8 Å². The van der Waals surface area contributed by atoms with E-state index in [4.69, 9.17) is 10.9 Å². The number of amidine groups is 1. The summed E-state index contributed by atoms with van der Waals surface area (Å²) in [4.78, 5) is 11.9. The van der Waals surface area contributed by atoms with Crippen molar-refractivity contribution in [1.82, 2.24) is 5.32 Å². The third kappa shape index (κ3) is 3.99. The maximum atomic E-state index is 11.9. The molecule has 0 aromatic heterocycles. The summed E-state index contributed by atoms with van der Waals surface area (Å²) in [5.41, 5.74) is 5.45. The van der Waals surface area contributed by atoms with Gasteiger partial charge in [-0.25, -0.2) is 0 Å². The number of nitrogens with zero attached hydrogens (tertiary/aromatic N) is 1. The summed E-state index contributed by atoms with van der Waals surface area (Å²) in [6, 6.07) is 0.0562. The van der Waals surface area contributed by atoms with Crippen molar-refractivity contribution in [1.29, 1.82) is 0 Å². The minimum atomic E-state index is -0.738. The molecule has 1 unspecified atom stereocenters. The highest BCUT2D eigenvalue weighted by molar-refractivity contribution is 7.85. The average molecular weight is 261 g/mol. The van der Waals surface area contributed by atoms with Crippen molar-refractivity contribution < 1.29 is 14.2 Å². The highest BCUT2D eigenvalue weighted by Gasteiger charge is 2.25. The molecule has 1 saturated heterocycles. The van der Waals surface area contributed by atoms with Crippen LogP contribution in [0.3, 0.4) is 0 Å². The van der Waals surface area contributed by atoms with Crippen LogP contribution in [0.1, 0.15) is 26.2 Å². The number of oxime groups is 1. The van der Waals surface area contributed by atoms with Gasteiger partial charge in [0.15, 0.2) is 5.84 Å². The Balaban J connectivity index is 2.50. The van der Waals surface area contributed by atoms with Gasteiger partial charge >= 0.3 is 0 Å². The fourth-order valence-corrected chi connectivity index (χ4v) is 3.14. The van der Waals surface area contributed by atoms with Gasteiger partial charge in [-0.15, -0.1) is 0 Å². The van der Waals surface area contributed by atoms with Crippen LogP contribution in [-0.2, 0) is 15.6 Å². The van der Waals surface area contributed by atoms with E-state index in [1.165, 1.54) is 0 Å². The summed E-state index contributed by atoms with van der Waals surface area (Å²) < 4.78 is 11.2. The van der Waals surface area contributed by atoms with E-state index in [9.17, 15) is 9.00 Å². The highest BCUT2D eigenvalue weighted by Crippen LogP contribution is 2.11. The molecule has 4 N–H and O–H groups in total. The molecule has 0 aromatic rings. The zero-order valence-corrected chi connectivity index (χ0v) is 10.7. The van der Waals surface area contributed by atoms with Crippen molar-refractivity contribution in [3.63, 3.8) is 0 Å². The first-order chi connectivity index (χ1) is 8.08. The Bertz CT molecular complexity index is 323. The molecular weight excluding hydrogens is 242 g/mol. The van der Waals surface area contributed by atoms with Gasteiger partial charge in [-0.3, -0.25) is 9.00 Å². The lowest BCUT2D eigenvalue weighted by molar-refractivity contribution is -0.123. The first kappa shape index (κ1) is 14.0. The molecule has 7 heteroatoms. The average Bonchev–Trinajstić information content (AvgIpc) is 2.32. The predicted molar refractivity (Wildman–Crippen MR) is 66.2 cm³/mol. The SMILES string of the molecule is CCC(C(=O)NC1CCS(=O)CC1)C(N)=NO. The van der Waals surface area contributed by atoms with Gasteiger partial charge < -0.3 is 16.3 Å². The van der Waals surface area contributed by atoms with Crippen LogP contribution in [0, 0.1) is 5.92 Å². The van der Waals surface area contributed by atoms with E-state index in [0.29, 0.717) is 17.9 Å². The molecular formula is C10H19N3O3S. The molecule has 1 heterocycles. The highest BCUT2D eigenvalue weighted by atomic mass is 32.2. The first-order valence-corrected chi connectivity index (χ1v) is 7.20. The molecule has 17 heavy (non-hydrogen) atoms. The Labute approximate surface area is 103 Å². The maximum absolute atomic E-state index is 11.9. The summed E-state index contributed by atoms with van der Waals surface area (Å²) in [6.45, 7) is 1.80. The minimum absolute atomic E-state index is 0.0562. The first-order valence-electron chi connectivity index (χ1n) is 5.71. The molecule has 0 spiro atoms. The van der Waals surface area contributed by atoms with Crippen molar-refractivity contribution in [2.45, 2.75) is 32.2 Å². The standard InChI is InChI=1S/C10H19N3O3S/c1-2-8(9(11)13-15)10(14)12-7-3-5-17(16)6-4-7/h7-8,15H,2-6H2,1H3,(H2,11,13)(H,12,14). The van der Waals surface area contributed by atoms with Crippen LogP contribution in [0.25, 0.3) is 0 Å². The molecule has 0 aromatic carbocycles. The molecule has 0 saturated carbocycles.